The fourth-order valence-electron chi connectivity index (χ4n) is 2.13. The van der Waals surface area contributed by atoms with Gasteiger partial charge in [0.2, 0.25) is 0 Å². The summed E-state index contributed by atoms with van der Waals surface area (Å²) < 4.78 is 2.08. The third-order valence-corrected chi connectivity index (χ3v) is 3.97. The van der Waals surface area contributed by atoms with Gasteiger partial charge < -0.3 is 4.57 Å². The van der Waals surface area contributed by atoms with Crippen LogP contribution in [0.25, 0.3) is 21.6 Å². The first-order valence-electron chi connectivity index (χ1n) is 6.04. The Morgan fingerprint density at radius 2 is 2.20 bits per heavy atom. The summed E-state index contributed by atoms with van der Waals surface area (Å²) in [6, 6.07) is 10.2. The van der Waals surface area contributed by atoms with Crippen molar-refractivity contribution in [2.24, 2.45) is 7.05 Å². The summed E-state index contributed by atoms with van der Waals surface area (Å²) in [7, 11) is 3.39. The molecule has 0 atom stereocenters. The van der Waals surface area contributed by atoms with E-state index in [1.807, 2.05) is 19.2 Å². The monoisotopic (exact) mass is 287 g/mol. The highest BCUT2D eigenvalue weighted by molar-refractivity contribution is 7.13. The van der Waals surface area contributed by atoms with E-state index in [0.717, 1.165) is 21.6 Å². The maximum Gasteiger partial charge on any atom is 0.294 e. The quantitative estimate of drug-likeness (QED) is 0.753. The molecule has 20 heavy (non-hydrogen) atoms. The Hall–Kier alpha value is -2.18. The Balaban J connectivity index is 2.03. The lowest BCUT2D eigenvalue weighted by atomic mass is 10.2. The van der Waals surface area contributed by atoms with Gasteiger partial charge in [-0.25, -0.2) is 10.5 Å². The van der Waals surface area contributed by atoms with E-state index in [4.69, 9.17) is 0 Å². The topological polar surface area (TPSA) is 56.1 Å². The molecule has 0 radical (unpaired) electrons. The fraction of sp³-hybridized carbons (Fsp3) is 0.143. The molecule has 0 spiro atoms. The second-order valence-electron chi connectivity index (χ2n) is 4.32. The Kier molecular flexibility index (Phi) is 3.25. The molecule has 3 aromatic rings. The van der Waals surface area contributed by atoms with Gasteiger partial charge in [0.15, 0.2) is 0 Å². The van der Waals surface area contributed by atoms with Gasteiger partial charge in [0.1, 0.15) is 10.7 Å². The van der Waals surface area contributed by atoms with E-state index in [0.29, 0.717) is 5.69 Å². The highest BCUT2D eigenvalue weighted by Gasteiger charge is 2.14. The number of benzene rings is 1. The van der Waals surface area contributed by atoms with E-state index >= 15 is 0 Å². The summed E-state index contributed by atoms with van der Waals surface area (Å²) in [4.78, 5) is 20.6. The Morgan fingerprint density at radius 1 is 1.40 bits per heavy atom. The predicted octanol–water partition coefficient (Wildman–Crippen LogP) is 2.59. The lowest BCUT2D eigenvalue weighted by Crippen LogP contribution is -2.21. The zero-order chi connectivity index (χ0) is 14.1. The number of aromatic nitrogens is 2. The minimum absolute atomic E-state index is 0.339. The third-order valence-electron chi connectivity index (χ3n) is 3.10. The van der Waals surface area contributed by atoms with Crippen LogP contribution in [0.5, 0.6) is 0 Å². The Bertz CT molecular complexity index is 776. The minimum atomic E-state index is -0.339. The molecule has 0 unspecified atom stereocenters. The largest absolute Gasteiger partial charge is 0.342 e. The van der Waals surface area contributed by atoms with Crippen molar-refractivity contribution < 1.29 is 9.63 Å². The van der Waals surface area contributed by atoms with Gasteiger partial charge in [0.25, 0.3) is 5.91 Å². The number of carbonyl (C=O) groups excluding carboxylic acids is 1. The van der Waals surface area contributed by atoms with Crippen LogP contribution in [0.3, 0.4) is 0 Å². The van der Waals surface area contributed by atoms with Crippen molar-refractivity contribution in [3.63, 3.8) is 0 Å². The molecular weight excluding hydrogens is 274 g/mol. The summed E-state index contributed by atoms with van der Waals surface area (Å²) in [5.41, 5.74) is 4.76. The number of fused-ring (bicyclic) bond motifs is 1. The third kappa shape index (κ3) is 2.09. The van der Waals surface area contributed by atoms with Gasteiger partial charge in [-0.3, -0.25) is 9.63 Å². The predicted molar refractivity (Wildman–Crippen MR) is 78.5 cm³/mol. The first-order valence-corrected chi connectivity index (χ1v) is 6.92. The van der Waals surface area contributed by atoms with Crippen LogP contribution in [-0.4, -0.2) is 22.6 Å². The van der Waals surface area contributed by atoms with Crippen molar-refractivity contribution in [1.82, 2.24) is 15.0 Å². The molecule has 1 amide bonds. The van der Waals surface area contributed by atoms with E-state index in [-0.39, 0.29) is 5.91 Å². The molecule has 1 N–H and O–H groups in total. The summed E-state index contributed by atoms with van der Waals surface area (Å²) in [5.74, 6) is -0.339. The van der Waals surface area contributed by atoms with Gasteiger partial charge in [0.05, 0.1) is 12.8 Å². The molecule has 0 fully saturated rings. The number of hydrogen-bond donors (Lipinski definition) is 1. The molecule has 102 valence electrons. The molecular formula is C14H13N3O2S. The van der Waals surface area contributed by atoms with Crippen LogP contribution >= 0.6 is 11.3 Å². The number of carbonyl (C=O) groups is 1. The maximum absolute atomic E-state index is 11.6. The van der Waals surface area contributed by atoms with Crippen LogP contribution in [0.2, 0.25) is 0 Å². The number of hydroxylamine groups is 1. The zero-order valence-corrected chi connectivity index (χ0v) is 11.9. The average molecular weight is 287 g/mol. The van der Waals surface area contributed by atoms with Gasteiger partial charge in [-0.15, -0.1) is 11.3 Å². The normalized spacial score (nSPS) is 10.9. The van der Waals surface area contributed by atoms with E-state index in [2.05, 4.69) is 38.1 Å². The average Bonchev–Trinajstić information content (AvgIpc) is 3.05. The number of aryl methyl sites for hydroxylation is 1. The molecule has 0 saturated heterocycles. The number of nitrogens with zero attached hydrogens (tertiary/aromatic N) is 2. The molecule has 0 aliphatic heterocycles. The highest BCUT2D eigenvalue weighted by Crippen LogP contribution is 2.29. The first-order chi connectivity index (χ1) is 9.70. The van der Waals surface area contributed by atoms with Crippen molar-refractivity contribution >= 4 is 28.1 Å². The summed E-state index contributed by atoms with van der Waals surface area (Å²) in [6.07, 6.45) is 0. The van der Waals surface area contributed by atoms with E-state index in [1.165, 1.54) is 18.4 Å². The number of amides is 1. The fourth-order valence-corrected chi connectivity index (χ4v) is 2.99. The summed E-state index contributed by atoms with van der Waals surface area (Å²) >= 11 is 1.44. The van der Waals surface area contributed by atoms with E-state index < -0.39 is 0 Å². The maximum atomic E-state index is 11.6. The molecule has 6 heteroatoms. The number of thiazole rings is 1. The molecule has 0 aliphatic carbocycles. The second kappa shape index (κ2) is 5.07. The van der Waals surface area contributed by atoms with Crippen molar-refractivity contribution in [2.75, 3.05) is 7.11 Å². The molecule has 3 rings (SSSR count). The van der Waals surface area contributed by atoms with E-state index in [1.54, 1.807) is 5.38 Å². The minimum Gasteiger partial charge on any atom is -0.342 e. The number of para-hydroxylation sites is 1. The van der Waals surface area contributed by atoms with Crippen LogP contribution in [0.1, 0.15) is 10.5 Å². The standard InChI is InChI=1S/C14H13N3O2S/c1-17-11-6-4-3-5-9(11)7-12(17)14-15-10(8-20-14)13(18)16-19-2/h3-8H,1-2H3,(H,16,18). The smallest absolute Gasteiger partial charge is 0.294 e. The lowest BCUT2D eigenvalue weighted by molar-refractivity contribution is 0.0533. The van der Waals surface area contributed by atoms with Crippen LogP contribution in [-0.2, 0) is 11.9 Å². The van der Waals surface area contributed by atoms with Crippen LogP contribution in [0.15, 0.2) is 35.7 Å². The zero-order valence-electron chi connectivity index (χ0n) is 11.1. The summed E-state index contributed by atoms with van der Waals surface area (Å²) in [6.45, 7) is 0. The van der Waals surface area contributed by atoms with Gasteiger partial charge in [-0.2, -0.15) is 0 Å². The van der Waals surface area contributed by atoms with E-state index in [9.17, 15) is 4.79 Å². The van der Waals surface area contributed by atoms with Crippen molar-refractivity contribution in [3.8, 4) is 10.7 Å². The molecule has 0 aliphatic rings. The van der Waals surface area contributed by atoms with Crippen LogP contribution in [0.4, 0.5) is 0 Å². The molecule has 2 heterocycles. The number of hydrogen-bond acceptors (Lipinski definition) is 4. The van der Waals surface area contributed by atoms with Crippen LogP contribution in [0, 0.1) is 0 Å². The molecule has 1 aromatic carbocycles. The highest BCUT2D eigenvalue weighted by atomic mass is 32.1. The Morgan fingerprint density at radius 3 is 2.95 bits per heavy atom. The van der Waals surface area contributed by atoms with Crippen LogP contribution < -0.4 is 5.48 Å². The molecule has 2 aromatic heterocycles. The van der Waals surface area contributed by atoms with Gasteiger partial charge in [0, 0.05) is 23.3 Å². The number of rotatable bonds is 3. The SMILES string of the molecule is CONC(=O)c1csc(-c2cc3ccccc3n2C)n1. The first kappa shape index (κ1) is 12.8. The lowest BCUT2D eigenvalue weighted by Gasteiger charge is -2.00. The Labute approximate surface area is 119 Å². The summed E-state index contributed by atoms with van der Waals surface area (Å²) in [5, 5.41) is 3.69. The van der Waals surface area contributed by atoms with Crippen molar-refractivity contribution in [2.45, 2.75) is 0 Å². The van der Waals surface area contributed by atoms with Gasteiger partial charge >= 0.3 is 0 Å². The van der Waals surface area contributed by atoms with Crippen molar-refractivity contribution in [1.29, 1.82) is 0 Å². The molecule has 0 bridgehead atoms. The van der Waals surface area contributed by atoms with Gasteiger partial charge in [-0.05, 0) is 12.1 Å². The molecule has 5 nitrogen and oxygen atoms in total. The molecule has 0 saturated carbocycles. The van der Waals surface area contributed by atoms with Gasteiger partial charge in [-0.1, -0.05) is 18.2 Å². The second-order valence-corrected chi connectivity index (χ2v) is 5.18. The number of nitrogens with one attached hydrogen (secondary N) is 1. The van der Waals surface area contributed by atoms with Crippen molar-refractivity contribution in [3.05, 3.63) is 41.4 Å².